The molecule has 2 aliphatic heterocycles. The van der Waals surface area contributed by atoms with E-state index in [0.717, 1.165) is 43.9 Å². The number of nitrogens with zero attached hydrogens (tertiary/aromatic N) is 3. The van der Waals surface area contributed by atoms with Gasteiger partial charge in [-0.25, -0.2) is 4.68 Å². The normalized spacial score (nSPS) is 18.4. The lowest BCUT2D eigenvalue weighted by atomic mass is 9.84. The molecule has 0 bridgehead atoms. The number of methoxy groups -OCH3 is 1. The molecule has 0 unspecified atom stereocenters. The Hall–Kier alpha value is -3.29. The van der Waals surface area contributed by atoms with Crippen LogP contribution in [0.15, 0.2) is 77.0 Å². The second kappa shape index (κ2) is 8.18. The Morgan fingerprint density at radius 1 is 1.09 bits per heavy atom. The number of aromatic nitrogens is 3. The van der Waals surface area contributed by atoms with E-state index in [-0.39, 0.29) is 6.04 Å². The smallest absolute Gasteiger partial charge is 0.226 e. The van der Waals surface area contributed by atoms with Gasteiger partial charge in [0.25, 0.3) is 0 Å². The summed E-state index contributed by atoms with van der Waals surface area (Å²) >= 11 is 10.0. The van der Waals surface area contributed by atoms with E-state index >= 15 is 0 Å². The van der Waals surface area contributed by atoms with E-state index in [9.17, 15) is 0 Å². The fourth-order valence-electron chi connectivity index (χ4n) is 4.68. The molecule has 2 aliphatic rings. The Bertz CT molecular complexity index is 1450. The first-order valence-electron chi connectivity index (χ1n) is 10.8. The first-order valence-corrected chi connectivity index (χ1v) is 12.0. The number of hydrogen-bond acceptors (Lipinski definition) is 5. The minimum absolute atomic E-state index is 0.241. The van der Waals surface area contributed by atoms with Crippen molar-refractivity contribution in [3.05, 3.63) is 104 Å². The summed E-state index contributed by atoms with van der Waals surface area (Å²) in [4.78, 5) is 4.48. The van der Waals surface area contributed by atoms with E-state index in [2.05, 4.69) is 62.5 Å². The number of rotatable bonds is 3. The minimum atomic E-state index is -0.438. The Morgan fingerprint density at radius 2 is 1.91 bits per heavy atom. The van der Waals surface area contributed by atoms with Crippen LogP contribution in [0.5, 0.6) is 11.5 Å². The maximum absolute atomic E-state index is 6.69. The Morgan fingerprint density at radius 3 is 2.71 bits per heavy atom. The molecule has 1 aromatic heterocycles. The van der Waals surface area contributed by atoms with Crippen molar-refractivity contribution in [2.75, 3.05) is 12.4 Å². The lowest BCUT2D eigenvalue weighted by molar-refractivity contribution is 0.217. The van der Waals surface area contributed by atoms with Gasteiger partial charge in [-0.05, 0) is 48.9 Å². The van der Waals surface area contributed by atoms with Crippen molar-refractivity contribution < 1.29 is 9.47 Å². The lowest BCUT2D eigenvalue weighted by Gasteiger charge is -2.39. The van der Waals surface area contributed by atoms with Gasteiger partial charge < -0.3 is 14.8 Å². The van der Waals surface area contributed by atoms with Crippen LogP contribution in [0, 0.1) is 6.92 Å². The van der Waals surface area contributed by atoms with Crippen molar-refractivity contribution in [3.63, 3.8) is 0 Å². The highest BCUT2D eigenvalue weighted by atomic mass is 79.9. The highest BCUT2D eigenvalue weighted by molar-refractivity contribution is 9.10. The standard InChI is InChI=1S/C26H20BrClN4O2/c1-14-3-5-15(6-4-14)24-22-23(31-26-29-13-30-32(24)26)18-12-17(28)8-10-21(18)34-25(22)19-11-16(27)7-9-20(19)33-2/h3-13,24-25H,1-2H3,(H,29,30,31)/t24-,25+/m0/s1. The summed E-state index contributed by atoms with van der Waals surface area (Å²) in [5, 5.41) is 8.71. The second-order valence-corrected chi connectivity index (χ2v) is 9.67. The number of anilines is 1. The first-order chi connectivity index (χ1) is 16.5. The van der Waals surface area contributed by atoms with Crippen molar-refractivity contribution in [3.8, 4) is 11.5 Å². The van der Waals surface area contributed by atoms with Gasteiger partial charge >= 0.3 is 0 Å². The minimum Gasteiger partial charge on any atom is -0.496 e. The van der Waals surface area contributed by atoms with Gasteiger partial charge in [-0.3, -0.25) is 0 Å². The van der Waals surface area contributed by atoms with Gasteiger partial charge in [-0.2, -0.15) is 10.1 Å². The largest absolute Gasteiger partial charge is 0.496 e. The summed E-state index contributed by atoms with van der Waals surface area (Å²) in [6.45, 7) is 2.08. The van der Waals surface area contributed by atoms with Crippen LogP contribution in [0.25, 0.3) is 5.70 Å². The first kappa shape index (κ1) is 21.3. The van der Waals surface area contributed by atoms with Crippen molar-refractivity contribution in [1.82, 2.24) is 14.8 Å². The van der Waals surface area contributed by atoms with E-state index in [1.807, 2.05) is 41.1 Å². The predicted molar refractivity (Wildman–Crippen MR) is 135 cm³/mol. The van der Waals surface area contributed by atoms with Crippen molar-refractivity contribution in [2.24, 2.45) is 0 Å². The molecule has 3 heterocycles. The molecule has 1 N–H and O–H groups in total. The second-order valence-electron chi connectivity index (χ2n) is 8.32. The molecule has 0 aliphatic carbocycles. The molecule has 0 amide bonds. The number of halogens is 2. The van der Waals surface area contributed by atoms with E-state index in [0.29, 0.717) is 11.0 Å². The molecule has 34 heavy (non-hydrogen) atoms. The maximum Gasteiger partial charge on any atom is 0.226 e. The molecule has 170 valence electrons. The van der Waals surface area contributed by atoms with Crippen LogP contribution >= 0.6 is 27.5 Å². The molecular formula is C26H20BrClN4O2. The number of benzene rings is 3. The number of hydrogen-bond donors (Lipinski definition) is 1. The van der Waals surface area contributed by atoms with Crippen LogP contribution in [0.2, 0.25) is 5.02 Å². The summed E-state index contributed by atoms with van der Waals surface area (Å²) in [5.41, 5.74) is 5.99. The molecule has 6 rings (SSSR count). The predicted octanol–water partition coefficient (Wildman–Crippen LogP) is 6.57. The molecule has 3 aromatic carbocycles. The molecule has 0 saturated carbocycles. The highest BCUT2D eigenvalue weighted by Crippen LogP contribution is 2.52. The van der Waals surface area contributed by atoms with Gasteiger partial charge in [0.2, 0.25) is 5.95 Å². The SMILES string of the molecule is COc1ccc(Br)cc1[C@H]1Oc2ccc(Cl)cc2C2=C1[C@H](c1ccc(C)cc1)n1ncnc1N2. The molecule has 0 radical (unpaired) electrons. The van der Waals surface area contributed by atoms with Gasteiger partial charge in [-0.15, -0.1) is 0 Å². The van der Waals surface area contributed by atoms with Crippen LogP contribution in [-0.4, -0.2) is 21.9 Å². The van der Waals surface area contributed by atoms with Crippen LogP contribution in [0.1, 0.15) is 34.4 Å². The average molecular weight is 536 g/mol. The zero-order chi connectivity index (χ0) is 23.4. The maximum atomic E-state index is 6.69. The average Bonchev–Trinajstić information content (AvgIpc) is 3.31. The summed E-state index contributed by atoms with van der Waals surface area (Å²) in [7, 11) is 1.67. The van der Waals surface area contributed by atoms with Gasteiger partial charge in [-0.1, -0.05) is 57.4 Å². The molecule has 0 saturated heterocycles. The fraction of sp³-hybridized carbons (Fsp3) is 0.154. The lowest BCUT2D eigenvalue weighted by Crippen LogP contribution is -2.32. The zero-order valence-electron chi connectivity index (χ0n) is 18.4. The monoisotopic (exact) mass is 534 g/mol. The third kappa shape index (κ3) is 3.38. The summed E-state index contributed by atoms with van der Waals surface area (Å²) in [6.07, 6.45) is 1.13. The Kier molecular flexibility index (Phi) is 5.12. The fourth-order valence-corrected chi connectivity index (χ4v) is 5.23. The molecular weight excluding hydrogens is 516 g/mol. The quantitative estimate of drug-likeness (QED) is 0.321. The molecule has 6 nitrogen and oxygen atoms in total. The Labute approximate surface area is 210 Å². The van der Waals surface area contributed by atoms with E-state index < -0.39 is 6.10 Å². The summed E-state index contributed by atoms with van der Waals surface area (Å²) < 4.78 is 15.3. The van der Waals surface area contributed by atoms with Crippen LogP contribution in [0.3, 0.4) is 0 Å². The van der Waals surface area contributed by atoms with Crippen molar-refractivity contribution in [1.29, 1.82) is 0 Å². The molecule has 0 spiro atoms. The summed E-state index contributed by atoms with van der Waals surface area (Å²) in [6, 6.07) is 19.8. The molecule has 8 heteroatoms. The third-order valence-corrected chi connectivity index (χ3v) is 6.97. The van der Waals surface area contributed by atoms with Gasteiger partial charge in [0.05, 0.1) is 12.8 Å². The summed E-state index contributed by atoms with van der Waals surface area (Å²) in [5.74, 6) is 2.14. The van der Waals surface area contributed by atoms with Gasteiger partial charge in [0, 0.05) is 26.2 Å². The molecule has 0 fully saturated rings. The van der Waals surface area contributed by atoms with E-state index in [4.69, 9.17) is 21.1 Å². The third-order valence-electron chi connectivity index (χ3n) is 6.24. The van der Waals surface area contributed by atoms with Crippen LogP contribution in [-0.2, 0) is 0 Å². The van der Waals surface area contributed by atoms with Gasteiger partial charge in [0.15, 0.2) is 6.10 Å². The number of nitrogens with one attached hydrogen (secondary N) is 1. The Balaban J connectivity index is 1.66. The highest BCUT2D eigenvalue weighted by Gasteiger charge is 2.42. The number of fused-ring (bicyclic) bond motifs is 3. The molecule has 4 aromatic rings. The number of aryl methyl sites for hydroxylation is 1. The van der Waals surface area contributed by atoms with Crippen LogP contribution < -0.4 is 14.8 Å². The van der Waals surface area contributed by atoms with Crippen molar-refractivity contribution >= 4 is 39.2 Å². The van der Waals surface area contributed by atoms with E-state index in [1.54, 1.807) is 13.4 Å². The van der Waals surface area contributed by atoms with Crippen molar-refractivity contribution in [2.45, 2.75) is 19.1 Å². The van der Waals surface area contributed by atoms with Crippen LogP contribution in [0.4, 0.5) is 5.95 Å². The number of ether oxygens (including phenoxy) is 2. The zero-order valence-corrected chi connectivity index (χ0v) is 20.8. The molecule has 2 atom stereocenters. The van der Waals surface area contributed by atoms with E-state index in [1.165, 1.54) is 5.56 Å². The van der Waals surface area contributed by atoms with Gasteiger partial charge in [0.1, 0.15) is 23.9 Å². The topological polar surface area (TPSA) is 61.2 Å².